The molecule has 4 amide bonds. The molecular formula is C42H52N6O6. The number of carbonyl (C=O) groups excluding carboxylic acids is 4. The van der Waals surface area contributed by atoms with Gasteiger partial charge in [-0.25, -0.2) is 9.59 Å². The van der Waals surface area contributed by atoms with Gasteiger partial charge in [0.05, 0.1) is 26.3 Å². The van der Waals surface area contributed by atoms with E-state index in [0.29, 0.717) is 13.1 Å². The quantitative estimate of drug-likeness (QED) is 0.126. The zero-order valence-corrected chi connectivity index (χ0v) is 32.0. The predicted molar refractivity (Wildman–Crippen MR) is 207 cm³/mol. The molecule has 4 atom stereocenters. The molecule has 0 saturated carbocycles. The number of methoxy groups -OCH3 is 2. The Bertz CT molecular complexity index is 1790. The van der Waals surface area contributed by atoms with E-state index in [9.17, 15) is 19.2 Å². The highest BCUT2D eigenvalue weighted by atomic mass is 16.5. The molecule has 12 heteroatoms. The number of benzene rings is 2. The van der Waals surface area contributed by atoms with Gasteiger partial charge in [0, 0.05) is 35.9 Å². The van der Waals surface area contributed by atoms with Crippen LogP contribution >= 0.6 is 0 Å². The largest absolute Gasteiger partial charge is 0.453 e. The van der Waals surface area contributed by atoms with E-state index in [-0.39, 0.29) is 35.7 Å². The van der Waals surface area contributed by atoms with Crippen LogP contribution in [0.25, 0.3) is 33.6 Å². The molecule has 2 saturated heterocycles. The second-order valence-corrected chi connectivity index (χ2v) is 14.9. The first-order chi connectivity index (χ1) is 26.0. The van der Waals surface area contributed by atoms with Gasteiger partial charge in [-0.3, -0.25) is 9.59 Å². The van der Waals surface area contributed by atoms with Crippen LogP contribution in [0.3, 0.4) is 0 Å². The zero-order valence-electron chi connectivity index (χ0n) is 32.0. The van der Waals surface area contributed by atoms with Crippen molar-refractivity contribution in [1.82, 2.24) is 30.4 Å². The van der Waals surface area contributed by atoms with Crippen molar-refractivity contribution in [2.24, 2.45) is 11.8 Å². The lowest BCUT2D eigenvalue weighted by atomic mass is 10.0. The van der Waals surface area contributed by atoms with Gasteiger partial charge in [-0.15, -0.1) is 0 Å². The molecule has 0 radical (unpaired) electrons. The van der Waals surface area contributed by atoms with Crippen LogP contribution in [0, 0.1) is 11.8 Å². The van der Waals surface area contributed by atoms with Gasteiger partial charge in [-0.1, -0.05) is 76.2 Å². The van der Waals surface area contributed by atoms with E-state index in [1.165, 1.54) is 14.2 Å². The monoisotopic (exact) mass is 736 g/mol. The van der Waals surface area contributed by atoms with Crippen LogP contribution in [-0.2, 0) is 19.1 Å². The Morgan fingerprint density at radius 3 is 1.26 bits per heavy atom. The highest BCUT2D eigenvalue weighted by Gasteiger charge is 2.38. The molecule has 2 aliphatic heterocycles. The number of likely N-dealkylation sites (tertiary alicyclic amines) is 2. The molecule has 4 N–H and O–H groups in total. The highest BCUT2D eigenvalue weighted by Crippen LogP contribution is 2.36. The number of aromatic nitrogens is 2. The first-order valence-electron chi connectivity index (χ1n) is 18.9. The average molecular weight is 737 g/mol. The SMILES string of the molecule is COC(=O)NC(C(=O)N1CCCC1c1ccc(-c2ccc(-c3ccc(-c4ccc([C@@H]5CCCN5C(=O)[C@@H](NC(=O)OC)C(C)C)[nH]4)cc3)cc2)[nH]1)C(C)C. The number of carbonyl (C=O) groups is 4. The van der Waals surface area contributed by atoms with Crippen LogP contribution in [0.5, 0.6) is 0 Å². The summed E-state index contributed by atoms with van der Waals surface area (Å²) >= 11 is 0. The molecule has 4 heterocycles. The number of aromatic amines is 2. The van der Waals surface area contributed by atoms with E-state index in [1.807, 2.05) is 37.5 Å². The highest BCUT2D eigenvalue weighted by molar-refractivity contribution is 5.87. The van der Waals surface area contributed by atoms with Crippen LogP contribution < -0.4 is 10.6 Å². The summed E-state index contributed by atoms with van der Waals surface area (Å²) in [7, 11) is 2.60. The van der Waals surface area contributed by atoms with Gasteiger partial charge in [-0.2, -0.15) is 0 Å². The second kappa shape index (κ2) is 16.7. The minimum Gasteiger partial charge on any atom is -0.453 e. The van der Waals surface area contributed by atoms with Crippen molar-refractivity contribution in [3.8, 4) is 33.6 Å². The summed E-state index contributed by atoms with van der Waals surface area (Å²) in [5, 5.41) is 5.43. The van der Waals surface area contributed by atoms with Gasteiger partial charge in [-0.05, 0) is 84.0 Å². The van der Waals surface area contributed by atoms with Gasteiger partial charge in [0.2, 0.25) is 11.8 Å². The summed E-state index contributed by atoms with van der Waals surface area (Å²) in [6, 6.07) is 23.6. The number of alkyl carbamates (subject to hydrolysis) is 2. The Hall–Kier alpha value is -5.52. The molecule has 2 aliphatic rings. The minimum absolute atomic E-state index is 0.0810. The Morgan fingerprint density at radius 1 is 0.574 bits per heavy atom. The van der Waals surface area contributed by atoms with Gasteiger partial charge < -0.3 is 39.9 Å². The molecule has 6 rings (SSSR count). The van der Waals surface area contributed by atoms with Gasteiger partial charge in [0.1, 0.15) is 12.1 Å². The van der Waals surface area contributed by atoms with Crippen molar-refractivity contribution >= 4 is 24.0 Å². The molecular weight excluding hydrogens is 684 g/mol. The van der Waals surface area contributed by atoms with E-state index in [4.69, 9.17) is 9.47 Å². The fraction of sp³-hybridized carbons (Fsp3) is 0.429. The number of rotatable bonds is 11. The topological polar surface area (TPSA) is 149 Å². The van der Waals surface area contributed by atoms with E-state index < -0.39 is 24.3 Å². The van der Waals surface area contributed by atoms with Crippen molar-refractivity contribution in [1.29, 1.82) is 0 Å². The van der Waals surface area contributed by atoms with Gasteiger partial charge in [0.15, 0.2) is 0 Å². The molecule has 0 spiro atoms. The molecule has 4 aromatic rings. The number of amides is 4. The Kier molecular flexibility index (Phi) is 11.8. The van der Waals surface area contributed by atoms with Crippen LogP contribution in [-0.4, -0.2) is 83.2 Å². The molecule has 2 aromatic carbocycles. The Balaban J connectivity index is 1.11. The maximum atomic E-state index is 13.5. The van der Waals surface area contributed by atoms with Crippen LogP contribution in [0.2, 0.25) is 0 Å². The second-order valence-electron chi connectivity index (χ2n) is 14.9. The third-order valence-corrected chi connectivity index (χ3v) is 10.7. The third kappa shape index (κ3) is 8.17. The van der Waals surface area contributed by atoms with E-state index in [1.54, 1.807) is 0 Å². The lowest BCUT2D eigenvalue weighted by Crippen LogP contribution is -2.51. The number of hydrogen-bond acceptors (Lipinski definition) is 6. The molecule has 12 nitrogen and oxygen atoms in total. The normalized spacial score (nSPS) is 18.1. The van der Waals surface area contributed by atoms with E-state index >= 15 is 0 Å². The van der Waals surface area contributed by atoms with Gasteiger partial charge >= 0.3 is 12.2 Å². The van der Waals surface area contributed by atoms with Crippen LogP contribution in [0.15, 0.2) is 72.8 Å². The fourth-order valence-electron chi connectivity index (χ4n) is 7.70. The molecule has 0 bridgehead atoms. The first kappa shape index (κ1) is 38.2. The van der Waals surface area contributed by atoms with Crippen molar-refractivity contribution in [3.63, 3.8) is 0 Å². The summed E-state index contributed by atoms with van der Waals surface area (Å²) in [6.07, 6.45) is 2.27. The molecule has 2 fully saturated rings. The summed E-state index contributed by atoms with van der Waals surface area (Å²) in [5.41, 5.74) is 8.18. The van der Waals surface area contributed by atoms with Crippen molar-refractivity contribution in [3.05, 3.63) is 84.2 Å². The number of nitrogens with one attached hydrogen (secondary N) is 4. The van der Waals surface area contributed by atoms with Crippen LogP contribution in [0.1, 0.15) is 76.8 Å². The lowest BCUT2D eigenvalue weighted by molar-refractivity contribution is -0.136. The zero-order chi connectivity index (χ0) is 38.5. The number of H-pyrrole nitrogens is 2. The predicted octanol–water partition coefficient (Wildman–Crippen LogP) is 7.43. The number of nitrogens with zero attached hydrogens (tertiary/aromatic N) is 2. The maximum absolute atomic E-state index is 13.5. The fourth-order valence-corrected chi connectivity index (χ4v) is 7.70. The number of hydrogen-bond donors (Lipinski definition) is 4. The lowest BCUT2D eigenvalue weighted by Gasteiger charge is -2.30. The van der Waals surface area contributed by atoms with Gasteiger partial charge in [0.25, 0.3) is 0 Å². The molecule has 54 heavy (non-hydrogen) atoms. The molecule has 2 unspecified atom stereocenters. The molecule has 286 valence electrons. The third-order valence-electron chi connectivity index (χ3n) is 10.7. The van der Waals surface area contributed by atoms with Crippen LogP contribution in [0.4, 0.5) is 9.59 Å². The Labute approximate surface area is 317 Å². The summed E-state index contributed by atoms with van der Waals surface area (Å²) in [6.45, 7) is 8.94. The summed E-state index contributed by atoms with van der Waals surface area (Å²) in [4.78, 5) is 61.8. The van der Waals surface area contributed by atoms with E-state index in [0.717, 1.165) is 70.7 Å². The number of ether oxygens (including phenoxy) is 2. The van der Waals surface area contributed by atoms with Crippen molar-refractivity contribution in [2.45, 2.75) is 77.5 Å². The first-order valence-corrected chi connectivity index (χ1v) is 18.9. The Morgan fingerprint density at radius 2 is 0.926 bits per heavy atom. The molecule has 2 aromatic heterocycles. The van der Waals surface area contributed by atoms with Crippen molar-refractivity contribution < 1.29 is 28.7 Å². The van der Waals surface area contributed by atoms with Crippen molar-refractivity contribution in [2.75, 3.05) is 27.3 Å². The molecule has 0 aliphatic carbocycles. The standard InChI is InChI=1S/C42H52N6O6/c1-25(2)37(45-41(51)53-5)39(49)47-23-7-9-35(47)33-21-19-31(43-33)29-15-11-27(12-16-29)28-13-17-30(18-14-28)32-20-22-34(44-32)36-10-8-24-48(36)40(50)38(26(3)4)46-42(52)54-6/h11-22,25-26,35-38,43-44H,7-10,23-24H2,1-6H3,(H,45,51)(H,46,52)/t35-,36?,37-,38?/m0/s1. The smallest absolute Gasteiger partial charge is 0.407 e. The summed E-state index contributed by atoms with van der Waals surface area (Å²) in [5.74, 6) is -0.357. The summed E-state index contributed by atoms with van der Waals surface area (Å²) < 4.78 is 9.53. The maximum Gasteiger partial charge on any atom is 0.407 e. The minimum atomic E-state index is -0.656. The van der Waals surface area contributed by atoms with E-state index in [2.05, 4.69) is 93.4 Å². The average Bonchev–Trinajstić information content (AvgIpc) is 4.02.